The van der Waals surface area contributed by atoms with Crippen molar-refractivity contribution in [2.24, 2.45) is 0 Å². The van der Waals surface area contributed by atoms with Crippen molar-refractivity contribution in [1.82, 2.24) is 5.32 Å². The number of nitrogens with one attached hydrogen (secondary N) is 1. The number of halogens is 2. The summed E-state index contributed by atoms with van der Waals surface area (Å²) in [5.41, 5.74) is 3.30. The molecule has 0 aromatic heterocycles. The number of rotatable bonds is 35. The Morgan fingerprint density at radius 3 is 1.07 bits per heavy atom. The molecule has 1 aromatic rings. The quantitative estimate of drug-likeness (QED) is 0.0418. The summed E-state index contributed by atoms with van der Waals surface area (Å²) in [5.74, 6) is -1.31. The van der Waals surface area contributed by atoms with E-state index >= 15 is 0 Å². The second kappa shape index (κ2) is 33.5. The van der Waals surface area contributed by atoms with Crippen molar-refractivity contribution < 1.29 is 19.1 Å². The number of carbonyl (C=O) groups excluding carboxylic acids is 2. The van der Waals surface area contributed by atoms with Crippen LogP contribution in [0.15, 0.2) is 52.9 Å². The fourth-order valence-electron chi connectivity index (χ4n) is 7.56. The van der Waals surface area contributed by atoms with Crippen LogP contribution >= 0.6 is 31.9 Å². The summed E-state index contributed by atoms with van der Waals surface area (Å²) in [7, 11) is 0. The number of carbonyl (C=O) groups is 2. The molecule has 0 bridgehead atoms. The Bertz CT molecular complexity index is 1100. The minimum Gasteiger partial charge on any atom is -0.462 e. The van der Waals surface area contributed by atoms with E-state index in [0.717, 1.165) is 42.6 Å². The van der Waals surface area contributed by atoms with E-state index in [4.69, 9.17) is 9.47 Å². The molecule has 0 aliphatic carbocycles. The topological polar surface area (TPSA) is 64.6 Å². The number of hydrogen-bond donors (Lipinski definition) is 1. The van der Waals surface area contributed by atoms with Gasteiger partial charge in [0.25, 0.3) is 0 Å². The minimum atomic E-state index is -0.569. The number of allylic oxidation sites excluding steroid dienone is 2. The first kappa shape index (κ1) is 48.5. The number of ether oxygens (including phenoxy) is 2. The van der Waals surface area contributed by atoms with Gasteiger partial charge in [0.05, 0.1) is 30.3 Å². The largest absolute Gasteiger partial charge is 0.462 e. The highest BCUT2D eigenvalue weighted by Gasteiger charge is 2.39. The third-order valence-corrected chi connectivity index (χ3v) is 12.0. The molecule has 0 radical (unpaired) electrons. The van der Waals surface area contributed by atoms with E-state index < -0.39 is 5.92 Å². The first-order valence-electron chi connectivity index (χ1n) is 22.3. The summed E-state index contributed by atoms with van der Waals surface area (Å²) < 4.78 is 11.8. The van der Waals surface area contributed by atoms with Gasteiger partial charge < -0.3 is 14.8 Å². The lowest BCUT2D eigenvalue weighted by Crippen LogP contribution is -2.35. The van der Waals surface area contributed by atoms with Crippen molar-refractivity contribution in [3.8, 4) is 0 Å². The van der Waals surface area contributed by atoms with E-state index in [0.29, 0.717) is 35.0 Å². The van der Waals surface area contributed by atoms with E-state index in [1.807, 2.05) is 30.3 Å². The van der Waals surface area contributed by atoms with Crippen LogP contribution in [0.2, 0.25) is 0 Å². The van der Waals surface area contributed by atoms with Gasteiger partial charge in [-0.1, -0.05) is 243 Å². The second-order valence-corrected chi connectivity index (χ2v) is 16.6. The highest BCUT2D eigenvalue weighted by atomic mass is 79.9. The van der Waals surface area contributed by atoms with Crippen molar-refractivity contribution in [2.75, 3.05) is 23.9 Å². The summed E-state index contributed by atoms with van der Waals surface area (Å²) in [6, 6.07) is 9.82. The molecule has 1 heterocycles. The summed E-state index contributed by atoms with van der Waals surface area (Å²) >= 11 is 7.21. The van der Waals surface area contributed by atoms with Crippen molar-refractivity contribution in [1.29, 1.82) is 0 Å². The Labute approximate surface area is 348 Å². The molecule has 54 heavy (non-hydrogen) atoms. The van der Waals surface area contributed by atoms with Gasteiger partial charge in [0, 0.05) is 22.1 Å². The van der Waals surface area contributed by atoms with Gasteiger partial charge in [0.15, 0.2) is 0 Å². The van der Waals surface area contributed by atoms with Crippen LogP contribution in [0.1, 0.15) is 205 Å². The molecule has 308 valence electrons. The smallest absolute Gasteiger partial charge is 0.336 e. The summed E-state index contributed by atoms with van der Waals surface area (Å²) in [5, 5.41) is 4.27. The van der Waals surface area contributed by atoms with Gasteiger partial charge in [0.1, 0.15) is 0 Å². The molecule has 1 aliphatic rings. The summed E-state index contributed by atoms with van der Waals surface area (Å²) in [4.78, 5) is 27.7. The lowest BCUT2D eigenvalue weighted by molar-refractivity contribution is -0.140. The maximum atomic E-state index is 13.8. The lowest BCUT2D eigenvalue weighted by Gasteiger charge is -2.31. The van der Waals surface area contributed by atoms with Gasteiger partial charge in [-0.2, -0.15) is 0 Å². The first-order chi connectivity index (χ1) is 26.6. The predicted molar refractivity (Wildman–Crippen MR) is 237 cm³/mol. The van der Waals surface area contributed by atoms with Crippen LogP contribution in [0.25, 0.3) is 0 Å². The Kier molecular flexibility index (Phi) is 30.1. The molecule has 0 atom stereocenters. The van der Waals surface area contributed by atoms with Crippen LogP contribution in [0.5, 0.6) is 0 Å². The van der Waals surface area contributed by atoms with E-state index in [1.165, 1.54) is 154 Å². The highest BCUT2D eigenvalue weighted by molar-refractivity contribution is 9.09. The van der Waals surface area contributed by atoms with Crippen LogP contribution in [0.4, 0.5) is 0 Å². The molecule has 1 aromatic carbocycles. The summed E-state index contributed by atoms with van der Waals surface area (Å²) in [6.07, 6.45) is 35.9. The molecule has 2 rings (SSSR count). The number of dihydropyridines is 1. The van der Waals surface area contributed by atoms with Gasteiger partial charge in [0.2, 0.25) is 0 Å². The molecule has 5 nitrogen and oxygen atoms in total. The molecule has 0 saturated carbocycles. The van der Waals surface area contributed by atoms with Crippen LogP contribution in [0.3, 0.4) is 0 Å². The molecular formula is C47H77Br2NO4. The fourth-order valence-corrected chi connectivity index (χ4v) is 8.44. The zero-order valence-corrected chi connectivity index (χ0v) is 37.7. The van der Waals surface area contributed by atoms with Crippen LogP contribution < -0.4 is 5.32 Å². The van der Waals surface area contributed by atoms with Crippen molar-refractivity contribution in [3.63, 3.8) is 0 Å². The van der Waals surface area contributed by atoms with Crippen LogP contribution in [-0.4, -0.2) is 35.8 Å². The highest BCUT2D eigenvalue weighted by Crippen LogP contribution is 2.40. The number of esters is 2. The normalized spacial score (nSPS) is 13.4. The maximum Gasteiger partial charge on any atom is 0.336 e. The standard InChI is InChI=1S/C47H77Br2NO4/c1-3-5-7-9-11-13-15-17-19-21-23-25-27-32-36-53-46(51)44-41(38-48)50-42(39-49)45(43(44)40-34-30-29-31-35-40)47(52)54-37-33-28-26-24-22-20-18-16-14-12-10-8-6-4-2/h29-31,34-35,43,50H,3-28,32-33,36-39H2,1-2H3. The molecule has 0 spiro atoms. The lowest BCUT2D eigenvalue weighted by atomic mass is 9.80. The molecule has 0 amide bonds. The molecule has 0 fully saturated rings. The number of unbranched alkanes of at least 4 members (excludes halogenated alkanes) is 26. The number of alkyl halides is 2. The fraction of sp³-hybridized carbons (Fsp3) is 0.745. The average Bonchev–Trinajstić information content (AvgIpc) is 3.20. The Hall–Kier alpha value is -1.60. The summed E-state index contributed by atoms with van der Waals surface area (Å²) in [6.45, 7) is 5.31. The molecule has 7 heteroatoms. The second-order valence-electron chi connectivity index (χ2n) is 15.5. The Morgan fingerprint density at radius 1 is 0.481 bits per heavy atom. The van der Waals surface area contributed by atoms with Gasteiger partial charge >= 0.3 is 11.9 Å². The average molecular weight is 880 g/mol. The SMILES string of the molecule is CCCCCCCCCCCCCCCCOC(=O)C1=C(CBr)NC(CBr)=C(C(=O)OCCCCCCCCCCCCCCCC)C1c1ccccc1. The van der Waals surface area contributed by atoms with Crippen LogP contribution in [0, 0.1) is 0 Å². The Balaban J connectivity index is 1.79. The van der Waals surface area contributed by atoms with Crippen molar-refractivity contribution >= 4 is 43.8 Å². The monoisotopic (exact) mass is 877 g/mol. The van der Waals surface area contributed by atoms with Crippen molar-refractivity contribution in [3.05, 3.63) is 58.4 Å². The van der Waals surface area contributed by atoms with E-state index in [2.05, 4.69) is 51.0 Å². The number of benzene rings is 1. The number of hydrogen-bond acceptors (Lipinski definition) is 5. The zero-order valence-electron chi connectivity index (χ0n) is 34.5. The van der Waals surface area contributed by atoms with E-state index in [1.54, 1.807) is 0 Å². The Morgan fingerprint density at radius 2 is 0.778 bits per heavy atom. The van der Waals surface area contributed by atoms with Gasteiger partial charge in [-0.05, 0) is 18.4 Å². The maximum absolute atomic E-state index is 13.8. The first-order valence-corrected chi connectivity index (χ1v) is 24.6. The minimum absolute atomic E-state index is 0.369. The third kappa shape index (κ3) is 21.1. The van der Waals surface area contributed by atoms with E-state index in [9.17, 15) is 9.59 Å². The molecule has 1 aliphatic heterocycles. The van der Waals surface area contributed by atoms with Crippen molar-refractivity contribution in [2.45, 2.75) is 200 Å². The zero-order chi connectivity index (χ0) is 38.9. The predicted octanol–water partition coefficient (Wildman–Crippen LogP) is 14.7. The molecule has 0 saturated heterocycles. The molecular weight excluding hydrogens is 802 g/mol. The van der Waals surface area contributed by atoms with Gasteiger partial charge in [-0.25, -0.2) is 9.59 Å². The van der Waals surface area contributed by atoms with Crippen LogP contribution in [-0.2, 0) is 19.1 Å². The molecule has 1 N–H and O–H groups in total. The molecule has 0 unspecified atom stereocenters. The van der Waals surface area contributed by atoms with Gasteiger partial charge in [-0.15, -0.1) is 0 Å². The van der Waals surface area contributed by atoms with Gasteiger partial charge in [-0.3, -0.25) is 0 Å². The van der Waals surface area contributed by atoms with E-state index in [-0.39, 0.29) is 11.9 Å². The third-order valence-electron chi connectivity index (χ3n) is 10.8.